The molecule has 6 nitrogen and oxygen atoms in total. The first-order chi connectivity index (χ1) is 9.97. The van der Waals surface area contributed by atoms with Crippen LogP contribution < -0.4 is 11.1 Å². The number of carbonyl (C=O) groups excluding carboxylic acids is 1. The number of benzene rings is 1. The predicted octanol–water partition coefficient (Wildman–Crippen LogP) is 1.18. The second-order valence-corrected chi connectivity index (χ2v) is 5.00. The van der Waals surface area contributed by atoms with E-state index in [2.05, 4.69) is 10.5 Å². The molecule has 4 N–H and O–H groups in total. The maximum Gasteiger partial charge on any atom is 0.237 e. The minimum Gasteiger partial charge on any atom is -0.508 e. The van der Waals surface area contributed by atoms with Crippen molar-refractivity contribution < 1.29 is 14.4 Å². The van der Waals surface area contributed by atoms with Crippen LogP contribution in [0.25, 0.3) is 0 Å². The van der Waals surface area contributed by atoms with Gasteiger partial charge in [0.15, 0.2) is 0 Å². The molecule has 2 aromatic rings. The van der Waals surface area contributed by atoms with Crippen molar-refractivity contribution in [2.24, 2.45) is 5.73 Å². The van der Waals surface area contributed by atoms with Crippen LogP contribution in [-0.2, 0) is 17.8 Å². The Morgan fingerprint density at radius 2 is 2.05 bits per heavy atom. The second-order valence-electron chi connectivity index (χ2n) is 5.00. The minimum absolute atomic E-state index is 0.190. The molecular weight excluding hydrogens is 270 g/mol. The number of aryl methyl sites for hydroxylation is 2. The van der Waals surface area contributed by atoms with Crippen molar-refractivity contribution in [3.8, 4) is 5.75 Å². The number of aromatic hydroxyl groups is 1. The van der Waals surface area contributed by atoms with E-state index in [4.69, 9.17) is 10.3 Å². The molecule has 1 aromatic carbocycles. The third kappa shape index (κ3) is 3.82. The van der Waals surface area contributed by atoms with Gasteiger partial charge in [-0.1, -0.05) is 17.3 Å². The average Bonchev–Trinajstić information content (AvgIpc) is 2.78. The molecule has 6 heteroatoms. The molecule has 1 atom stereocenters. The Bertz CT molecular complexity index is 600. The molecule has 1 aromatic heterocycles. The van der Waals surface area contributed by atoms with Crippen LogP contribution in [0.3, 0.4) is 0 Å². The zero-order valence-electron chi connectivity index (χ0n) is 12.1. The molecule has 1 heterocycles. The largest absolute Gasteiger partial charge is 0.508 e. The van der Waals surface area contributed by atoms with Crippen LogP contribution in [0.15, 0.2) is 28.8 Å². The Morgan fingerprint density at radius 1 is 1.38 bits per heavy atom. The Morgan fingerprint density at radius 3 is 2.62 bits per heavy atom. The van der Waals surface area contributed by atoms with Crippen molar-refractivity contribution in [1.82, 2.24) is 10.5 Å². The molecule has 0 saturated carbocycles. The molecule has 2 rings (SSSR count). The van der Waals surface area contributed by atoms with Gasteiger partial charge in [-0.3, -0.25) is 4.79 Å². The Labute approximate surface area is 122 Å². The molecule has 0 unspecified atom stereocenters. The molecule has 0 fully saturated rings. The molecule has 0 bridgehead atoms. The lowest BCUT2D eigenvalue weighted by atomic mass is 10.1. The maximum absolute atomic E-state index is 12.0. The first-order valence-corrected chi connectivity index (χ1v) is 6.70. The first-order valence-electron chi connectivity index (χ1n) is 6.70. The van der Waals surface area contributed by atoms with Crippen LogP contribution in [0.1, 0.15) is 22.6 Å². The highest BCUT2D eigenvalue weighted by atomic mass is 16.5. The van der Waals surface area contributed by atoms with E-state index in [0.717, 1.165) is 16.8 Å². The summed E-state index contributed by atoms with van der Waals surface area (Å²) in [4.78, 5) is 12.0. The van der Waals surface area contributed by atoms with Gasteiger partial charge in [0.25, 0.3) is 0 Å². The molecule has 0 aliphatic carbocycles. The highest BCUT2D eigenvalue weighted by Crippen LogP contribution is 2.12. The number of nitrogens with two attached hydrogens (primary N) is 1. The van der Waals surface area contributed by atoms with Crippen molar-refractivity contribution in [1.29, 1.82) is 0 Å². The van der Waals surface area contributed by atoms with E-state index in [1.54, 1.807) is 31.2 Å². The van der Waals surface area contributed by atoms with E-state index in [0.29, 0.717) is 18.7 Å². The van der Waals surface area contributed by atoms with Gasteiger partial charge in [-0.15, -0.1) is 0 Å². The molecule has 1 amide bonds. The molecule has 0 spiro atoms. The van der Waals surface area contributed by atoms with Gasteiger partial charge in [0.05, 0.1) is 11.7 Å². The van der Waals surface area contributed by atoms with Crippen molar-refractivity contribution in [3.05, 3.63) is 46.8 Å². The molecule has 112 valence electrons. The average molecular weight is 289 g/mol. The van der Waals surface area contributed by atoms with Crippen molar-refractivity contribution >= 4 is 5.91 Å². The number of amides is 1. The number of nitrogens with zero attached hydrogens (tertiary/aromatic N) is 1. The highest BCUT2D eigenvalue weighted by molar-refractivity contribution is 5.81. The lowest BCUT2D eigenvalue weighted by Crippen LogP contribution is -2.41. The fraction of sp³-hybridized carbons (Fsp3) is 0.333. The second kappa shape index (κ2) is 6.41. The van der Waals surface area contributed by atoms with Gasteiger partial charge >= 0.3 is 0 Å². The van der Waals surface area contributed by atoms with Crippen molar-refractivity contribution in [2.75, 3.05) is 0 Å². The summed E-state index contributed by atoms with van der Waals surface area (Å²) in [7, 11) is 0. The van der Waals surface area contributed by atoms with Gasteiger partial charge < -0.3 is 20.7 Å². The lowest BCUT2D eigenvalue weighted by Gasteiger charge is -2.12. The fourth-order valence-electron chi connectivity index (χ4n) is 2.04. The summed E-state index contributed by atoms with van der Waals surface area (Å²) in [5, 5.41) is 15.8. The Balaban J connectivity index is 1.89. The van der Waals surface area contributed by atoms with Crippen LogP contribution in [0, 0.1) is 13.8 Å². The summed E-state index contributed by atoms with van der Waals surface area (Å²) in [5.41, 5.74) is 8.42. The smallest absolute Gasteiger partial charge is 0.237 e. The van der Waals surface area contributed by atoms with Gasteiger partial charge in [-0.05, 0) is 38.0 Å². The van der Waals surface area contributed by atoms with Crippen molar-refractivity contribution in [3.63, 3.8) is 0 Å². The number of rotatable bonds is 5. The maximum atomic E-state index is 12.0. The summed E-state index contributed by atoms with van der Waals surface area (Å²) < 4.78 is 5.04. The van der Waals surface area contributed by atoms with Crippen LogP contribution >= 0.6 is 0 Å². The number of phenols is 1. The van der Waals surface area contributed by atoms with Crippen LogP contribution in [-0.4, -0.2) is 22.2 Å². The molecule has 0 aliphatic heterocycles. The highest BCUT2D eigenvalue weighted by Gasteiger charge is 2.16. The zero-order valence-corrected chi connectivity index (χ0v) is 12.1. The van der Waals surface area contributed by atoms with Crippen LogP contribution in [0.2, 0.25) is 0 Å². The fourth-order valence-corrected chi connectivity index (χ4v) is 2.04. The Hall–Kier alpha value is -2.34. The monoisotopic (exact) mass is 289 g/mol. The lowest BCUT2D eigenvalue weighted by molar-refractivity contribution is -0.122. The van der Waals surface area contributed by atoms with E-state index in [9.17, 15) is 9.90 Å². The molecule has 21 heavy (non-hydrogen) atoms. The van der Waals surface area contributed by atoms with Gasteiger partial charge in [-0.2, -0.15) is 0 Å². The quantitative estimate of drug-likeness (QED) is 0.767. The van der Waals surface area contributed by atoms with E-state index in [-0.39, 0.29) is 11.7 Å². The summed E-state index contributed by atoms with van der Waals surface area (Å²) in [5.74, 6) is 0.651. The van der Waals surface area contributed by atoms with Gasteiger partial charge in [-0.25, -0.2) is 0 Å². The predicted molar refractivity (Wildman–Crippen MR) is 77.6 cm³/mol. The summed E-state index contributed by atoms with van der Waals surface area (Å²) in [6.07, 6.45) is 0.410. The molecule has 0 saturated heterocycles. The third-order valence-electron chi connectivity index (χ3n) is 3.35. The molecule has 0 aliphatic rings. The standard InChI is InChI=1S/C15H19N3O3/c1-9-13(10(2)21-18-9)8-17-15(20)14(16)7-11-3-5-12(19)6-4-11/h3-6,14,19H,7-8,16H2,1-2H3,(H,17,20)/t14-/m0/s1. The van der Waals surface area contributed by atoms with E-state index in [1.807, 2.05) is 6.92 Å². The number of hydrogen-bond donors (Lipinski definition) is 3. The number of nitrogens with one attached hydrogen (secondary N) is 1. The molecule has 0 radical (unpaired) electrons. The minimum atomic E-state index is -0.644. The van der Waals surface area contributed by atoms with E-state index >= 15 is 0 Å². The van der Waals surface area contributed by atoms with Gasteiger partial charge in [0, 0.05) is 12.1 Å². The van der Waals surface area contributed by atoms with Gasteiger partial charge in [0.2, 0.25) is 5.91 Å². The zero-order chi connectivity index (χ0) is 15.4. The van der Waals surface area contributed by atoms with E-state index < -0.39 is 6.04 Å². The topological polar surface area (TPSA) is 101 Å². The van der Waals surface area contributed by atoms with Gasteiger partial charge in [0.1, 0.15) is 11.5 Å². The summed E-state index contributed by atoms with van der Waals surface area (Å²) >= 11 is 0. The van der Waals surface area contributed by atoms with Crippen LogP contribution in [0.4, 0.5) is 0 Å². The third-order valence-corrected chi connectivity index (χ3v) is 3.35. The SMILES string of the molecule is Cc1noc(C)c1CNC(=O)[C@@H](N)Cc1ccc(O)cc1. The summed E-state index contributed by atoms with van der Waals surface area (Å²) in [6, 6.07) is 6.00. The van der Waals surface area contributed by atoms with E-state index in [1.165, 1.54) is 0 Å². The van der Waals surface area contributed by atoms with Crippen LogP contribution in [0.5, 0.6) is 5.75 Å². The van der Waals surface area contributed by atoms with Crippen molar-refractivity contribution in [2.45, 2.75) is 32.9 Å². The Kier molecular flexibility index (Phi) is 4.59. The number of hydrogen-bond acceptors (Lipinski definition) is 5. The summed E-state index contributed by atoms with van der Waals surface area (Å²) in [6.45, 7) is 3.98. The number of aromatic nitrogens is 1. The normalized spacial score (nSPS) is 12.1. The molecular formula is C15H19N3O3. The number of carbonyl (C=O) groups is 1. The number of phenolic OH excluding ortho intramolecular Hbond substituents is 1. The first kappa shape index (κ1) is 15.1.